The molecule has 0 spiro atoms. The summed E-state index contributed by atoms with van der Waals surface area (Å²) >= 11 is 0. The van der Waals surface area contributed by atoms with Gasteiger partial charge in [0.15, 0.2) is 0 Å². The van der Waals surface area contributed by atoms with Gasteiger partial charge in [0.1, 0.15) is 5.82 Å². The van der Waals surface area contributed by atoms with Crippen molar-refractivity contribution in [2.45, 2.75) is 5.92 Å². The zero-order valence-electron chi connectivity index (χ0n) is 11.3. The summed E-state index contributed by atoms with van der Waals surface area (Å²) in [6.07, 6.45) is 0. The molecule has 0 aromatic heterocycles. The Labute approximate surface area is 117 Å². The first kappa shape index (κ1) is 13.5. The number of hydrogen-bond acceptors (Lipinski definition) is 3. The maximum atomic E-state index is 13.4. The van der Waals surface area contributed by atoms with Gasteiger partial charge in [0, 0.05) is 32.1 Å². The number of ether oxygens (including phenoxy) is 1. The largest absolute Gasteiger partial charge is 0.378 e. The monoisotopic (exact) mass is 278 g/mol. The zero-order chi connectivity index (χ0) is 13.9. The van der Waals surface area contributed by atoms with E-state index in [1.807, 2.05) is 11.0 Å². The summed E-state index contributed by atoms with van der Waals surface area (Å²) in [6.45, 7) is 3.92. The van der Waals surface area contributed by atoms with Crippen LogP contribution in [0.15, 0.2) is 24.3 Å². The molecule has 108 valence electrons. The van der Waals surface area contributed by atoms with Gasteiger partial charge in [-0.1, -0.05) is 12.1 Å². The van der Waals surface area contributed by atoms with Crippen molar-refractivity contribution in [3.05, 3.63) is 35.6 Å². The lowest BCUT2D eigenvalue weighted by Gasteiger charge is -2.31. The van der Waals surface area contributed by atoms with Gasteiger partial charge in [-0.05, 0) is 17.7 Å². The van der Waals surface area contributed by atoms with E-state index in [2.05, 4.69) is 5.32 Å². The standard InChI is InChI=1S/C15H19FN2O2/c16-12-3-1-2-11(8-12)13-9-17-10-14(13)15(19)18-4-6-20-7-5-18/h1-3,8,13-14,17H,4-7,9-10H2. The van der Waals surface area contributed by atoms with Crippen molar-refractivity contribution in [1.82, 2.24) is 10.2 Å². The zero-order valence-corrected chi connectivity index (χ0v) is 11.3. The number of carbonyl (C=O) groups excluding carboxylic acids is 1. The van der Waals surface area contributed by atoms with E-state index in [1.54, 1.807) is 6.07 Å². The highest BCUT2D eigenvalue weighted by Crippen LogP contribution is 2.30. The third-order valence-corrected chi connectivity index (χ3v) is 4.13. The smallest absolute Gasteiger partial charge is 0.227 e. The molecule has 20 heavy (non-hydrogen) atoms. The normalized spacial score (nSPS) is 26.8. The highest BCUT2D eigenvalue weighted by molar-refractivity contribution is 5.80. The van der Waals surface area contributed by atoms with Crippen molar-refractivity contribution in [3.8, 4) is 0 Å². The lowest BCUT2D eigenvalue weighted by Crippen LogP contribution is -2.45. The van der Waals surface area contributed by atoms with Crippen LogP contribution in [0.3, 0.4) is 0 Å². The Bertz CT molecular complexity index is 489. The van der Waals surface area contributed by atoms with Crippen molar-refractivity contribution in [1.29, 1.82) is 0 Å². The van der Waals surface area contributed by atoms with E-state index in [4.69, 9.17) is 4.74 Å². The van der Waals surface area contributed by atoms with Gasteiger partial charge in [-0.15, -0.1) is 0 Å². The molecule has 2 unspecified atom stereocenters. The van der Waals surface area contributed by atoms with Gasteiger partial charge < -0.3 is 15.0 Å². The van der Waals surface area contributed by atoms with Crippen LogP contribution in [0.1, 0.15) is 11.5 Å². The van der Waals surface area contributed by atoms with Crippen molar-refractivity contribution in [2.24, 2.45) is 5.92 Å². The molecule has 1 N–H and O–H groups in total. The molecular formula is C15H19FN2O2. The molecule has 0 aliphatic carbocycles. The molecule has 2 aliphatic rings. The summed E-state index contributed by atoms with van der Waals surface area (Å²) in [7, 11) is 0. The van der Waals surface area contributed by atoms with E-state index in [-0.39, 0.29) is 23.6 Å². The minimum Gasteiger partial charge on any atom is -0.378 e. The van der Waals surface area contributed by atoms with Crippen LogP contribution in [-0.4, -0.2) is 50.2 Å². The molecule has 5 heteroatoms. The fourth-order valence-electron chi connectivity index (χ4n) is 3.04. The van der Waals surface area contributed by atoms with E-state index in [0.717, 1.165) is 12.1 Å². The molecule has 4 nitrogen and oxygen atoms in total. The molecule has 2 heterocycles. The number of morpholine rings is 1. The molecule has 0 radical (unpaired) electrons. The van der Waals surface area contributed by atoms with E-state index in [0.29, 0.717) is 32.8 Å². The summed E-state index contributed by atoms with van der Waals surface area (Å²) < 4.78 is 18.7. The van der Waals surface area contributed by atoms with Crippen LogP contribution in [0.2, 0.25) is 0 Å². The van der Waals surface area contributed by atoms with Gasteiger partial charge in [-0.2, -0.15) is 0 Å². The van der Waals surface area contributed by atoms with Crippen molar-refractivity contribution >= 4 is 5.91 Å². The number of nitrogens with zero attached hydrogens (tertiary/aromatic N) is 1. The predicted molar refractivity (Wildman–Crippen MR) is 72.9 cm³/mol. The summed E-state index contributed by atoms with van der Waals surface area (Å²) in [4.78, 5) is 14.5. The van der Waals surface area contributed by atoms with Gasteiger partial charge in [0.25, 0.3) is 0 Å². The average Bonchev–Trinajstić information content (AvgIpc) is 2.97. The Kier molecular flexibility index (Phi) is 3.98. The summed E-state index contributed by atoms with van der Waals surface area (Å²) in [5.41, 5.74) is 0.904. The van der Waals surface area contributed by atoms with Crippen LogP contribution in [0.4, 0.5) is 4.39 Å². The number of hydrogen-bond donors (Lipinski definition) is 1. The summed E-state index contributed by atoms with van der Waals surface area (Å²) in [5, 5.41) is 3.26. The molecule has 0 bridgehead atoms. The Morgan fingerprint density at radius 3 is 2.85 bits per heavy atom. The van der Waals surface area contributed by atoms with Gasteiger partial charge in [0.05, 0.1) is 19.1 Å². The highest BCUT2D eigenvalue weighted by Gasteiger charge is 2.36. The van der Waals surface area contributed by atoms with E-state index >= 15 is 0 Å². The molecule has 1 amide bonds. The number of nitrogens with one attached hydrogen (secondary N) is 1. The minimum atomic E-state index is -0.244. The van der Waals surface area contributed by atoms with Gasteiger partial charge >= 0.3 is 0 Å². The predicted octanol–water partition coefficient (Wildman–Crippen LogP) is 0.988. The Morgan fingerprint density at radius 2 is 2.10 bits per heavy atom. The van der Waals surface area contributed by atoms with Gasteiger partial charge in [0.2, 0.25) is 5.91 Å². The number of carbonyl (C=O) groups is 1. The summed E-state index contributed by atoms with van der Waals surface area (Å²) in [6, 6.07) is 6.58. The van der Waals surface area contributed by atoms with Crippen LogP contribution >= 0.6 is 0 Å². The molecule has 3 rings (SSSR count). The van der Waals surface area contributed by atoms with Crippen LogP contribution in [-0.2, 0) is 9.53 Å². The van der Waals surface area contributed by atoms with Crippen molar-refractivity contribution in [2.75, 3.05) is 39.4 Å². The number of amides is 1. The summed E-state index contributed by atoms with van der Waals surface area (Å²) in [5.74, 6) is -0.129. The fourth-order valence-corrected chi connectivity index (χ4v) is 3.04. The molecule has 1 aromatic carbocycles. The Hall–Kier alpha value is -1.46. The quantitative estimate of drug-likeness (QED) is 0.877. The second-order valence-corrected chi connectivity index (χ2v) is 5.36. The molecular weight excluding hydrogens is 259 g/mol. The lowest BCUT2D eigenvalue weighted by atomic mass is 9.88. The third kappa shape index (κ3) is 2.69. The third-order valence-electron chi connectivity index (χ3n) is 4.13. The van der Waals surface area contributed by atoms with E-state index in [9.17, 15) is 9.18 Å². The maximum absolute atomic E-state index is 13.4. The maximum Gasteiger partial charge on any atom is 0.227 e. The van der Waals surface area contributed by atoms with Crippen LogP contribution in [0, 0.1) is 11.7 Å². The number of halogens is 1. The molecule has 2 saturated heterocycles. The van der Waals surface area contributed by atoms with Crippen molar-refractivity contribution < 1.29 is 13.9 Å². The molecule has 0 saturated carbocycles. The van der Waals surface area contributed by atoms with Crippen LogP contribution in [0.5, 0.6) is 0 Å². The average molecular weight is 278 g/mol. The fraction of sp³-hybridized carbons (Fsp3) is 0.533. The first-order chi connectivity index (χ1) is 9.75. The minimum absolute atomic E-state index is 0.0565. The van der Waals surface area contributed by atoms with Gasteiger partial charge in [-0.25, -0.2) is 4.39 Å². The molecule has 2 atom stereocenters. The van der Waals surface area contributed by atoms with E-state index < -0.39 is 0 Å². The Balaban J connectivity index is 1.76. The SMILES string of the molecule is O=C(C1CNCC1c1cccc(F)c1)N1CCOCC1. The highest BCUT2D eigenvalue weighted by atomic mass is 19.1. The van der Waals surface area contributed by atoms with Gasteiger partial charge in [-0.3, -0.25) is 4.79 Å². The molecule has 2 aliphatic heterocycles. The lowest BCUT2D eigenvalue weighted by molar-refractivity contribution is -0.139. The topological polar surface area (TPSA) is 41.6 Å². The molecule has 2 fully saturated rings. The van der Waals surface area contributed by atoms with Crippen LogP contribution < -0.4 is 5.32 Å². The molecule has 1 aromatic rings. The van der Waals surface area contributed by atoms with Crippen LogP contribution in [0.25, 0.3) is 0 Å². The Morgan fingerprint density at radius 1 is 1.30 bits per heavy atom. The second kappa shape index (κ2) is 5.89. The van der Waals surface area contributed by atoms with Crippen molar-refractivity contribution in [3.63, 3.8) is 0 Å². The second-order valence-electron chi connectivity index (χ2n) is 5.36. The number of rotatable bonds is 2. The first-order valence-corrected chi connectivity index (χ1v) is 7.08. The first-order valence-electron chi connectivity index (χ1n) is 7.08. The number of benzene rings is 1. The van der Waals surface area contributed by atoms with E-state index in [1.165, 1.54) is 12.1 Å².